The summed E-state index contributed by atoms with van der Waals surface area (Å²) < 4.78 is 5.35. The van der Waals surface area contributed by atoms with Gasteiger partial charge in [0.05, 0.1) is 0 Å². The molecular formula is C14H12O2. The first-order valence-electron chi connectivity index (χ1n) is 5.35. The number of hydrogen-bond donors (Lipinski definition) is 1. The summed E-state index contributed by atoms with van der Waals surface area (Å²) in [6.07, 6.45) is -0.487. The Hall–Kier alpha value is -1.80. The fourth-order valence-electron chi connectivity index (χ4n) is 2.01. The van der Waals surface area contributed by atoms with Crippen molar-refractivity contribution in [2.24, 2.45) is 0 Å². The van der Waals surface area contributed by atoms with Gasteiger partial charge in [0, 0.05) is 5.56 Å². The van der Waals surface area contributed by atoms with E-state index in [4.69, 9.17) is 4.74 Å². The topological polar surface area (TPSA) is 29.5 Å². The number of aliphatic hydroxyl groups is 1. The van der Waals surface area contributed by atoms with Crippen molar-refractivity contribution in [1.29, 1.82) is 0 Å². The van der Waals surface area contributed by atoms with Crippen molar-refractivity contribution in [3.63, 3.8) is 0 Å². The second-order valence-electron chi connectivity index (χ2n) is 3.95. The zero-order valence-corrected chi connectivity index (χ0v) is 8.76. The van der Waals surface area contributed by atoms with Crippen LogP contribution >= 0.6 is 0 Å². The highest BCUT2D eigenvalue weighted by atomic mass is 16.5. The van der Waals surface area contributed by atoms with Gasteiger partial charge in [-0.05, 0) is 23.3 Å². The molecule has 0 bridgehead atoms. The molecule has 2 aromatic rings. The second-order valence-corrected chi connectivity index (χ2v) is 3.95. The predicted octanol–water partition coefficient (Wildman–Crippen LogP) is 2.78. The summed E-state index contributed by atoms with van der Waals surface area (Å²) in [6, 6.07) is 16.1. The van der Waals surface area contributed by atoms with Crippen molar-refractivity contribution >= 4 is 0 Å². The Bertz CT molecular complexity index is 505. The van der Waals surface area contributed by atoms with Crippen LogP contribution in [-0.2, 0) is 0 Å². The zero-order valence-electron chi connectivity index (χ0n) is 8.76. The van der Waals surface area contributed by atoms with Gasteiger partial charge in [0.15, 0.2) is 0 Å². The van der Waals surface area contributed by atoms with Gasteiger partial charge in [0.25, 0.3) is 0 Å². The predicted molar refractivity (Wildman–Crippen MR) is 62.3 cm³/mol. The molecule has 80 valence electrons. The van der Waals surface area contributed by atoms with Crippen LogP contribution in [0.5, 0.6) is 5.75 Å². The molecule has 0 saturated carbocycles. The van der Waals surface area contributed by atoms with Gasteiger partial charge >= 0.3 is 0 Å². The smallest absolute Gasteiger partial charge is 0.125 e. The van der Waals surface area contributed by atoms with Gasteiger partial charge in [-0.15, -0.1) is 0 Å². The largest absolute Gasteiger partial charge is 0.490 e. The molecule has 0 amide bonds. The molecule has 1 atom stereocenters. The molecule has 1 aliphatic rings. The lowest BCUT2D eigenvalue weighted by Crippen LogP contribution is -1.97. The van der Waals surface area contributed by atoms with E-state index in [1.165, 1.54) is 0 Å². The molecule has 0 aromatic heterocycles. The maximum Gasteiger partial charge on any atom is 0.125 e. The molecular weight excluding hydrogens is 200 g/mol. The second kappa shape index (κ2) is 3.65. The van der Waals surface area contributed by atoms with Crippen LogP contribution in [0.2, 0.25) is 0 Å². The first kappa shape index (κ1) is 9.43. The molecule has 3 rings (SSSR count). The van der Waals surface area contributed by atoms with Crippen molar-refractivity contribution < 1.29 is 9.84 Å². The first-order chi connectivity index (χ1) is 7.84. The average Bonchev–Trinajstić information content (AvgIpc) is 2.72. The normalized spacial score (nSPS) is 17.9. The van der Waals surface area contributed by atoms with Crippen molar-refractivity contribution in [1.82, 2.24) is 0 Å². The highest BCUT2D eigenvalue weighted by Gasteiger charge is 2.21. The minimum atomic E-state index is -0.487. The van der Waals surface area contributed by atoms with Crippen LogP contribution in [0.1, 0.15) is 11.7 Å². The highest BCUT2D eigenvalue weighted by molar-refractivity contribution is 5.66. The SMILES string of the molecule is OC1COc2ccc(-c3ccccc3)cc21. The highest BCUT2D eigenvalue weighted by Crippen LogP contribution is 2.35. The van der Waals surface area contributed by atoms with E-state index in [0.717, 1.165) is 22.4 Å². The molecule has 0 saturated heterocycles. The molecule has 2 heteroatoms. The van der Waals surface area contributed by atoms with Gasteiger partial charge in [-0.3, -0.25) is 0 Å². The molecule has 0 fully saturated rings. The average molecular weight is 212 g/mol. The monoisotopic (exact) mass is 212 g/mol. The van der Waals surface area contributed by atoms with Gasteiger partial charge in [-0.1, -0.05) is 36.4 Å². The number of benzene rings is 2. The van der Waals surface area contributed by atoms with Crippen LogP contribution < -0.4 is 4.74 Å². The van der Waals surface area contributed by atoms with Gasteiger partial charge < -0.3 is 9.84 Å². The molecule has 16 heavy (non-hydrogen) atoms. The Kier molecular flexibility index (Phi) is 2.15. The van der Waals surface area contributed by atoms with E-state index in [1.54, 1.807) is 0 Å². The van der Waals surface area contributed by atoms with E-state index < -0.39 is 6.10 Å². The number of hydrogen-bond acceptors (Lipinski definition) is 2. The van der Waals surface area contributed by atoms with Crippen LogP contribution in [0.15, 0.2) is 48.5 Å². The van der Waals surface area contributed by atoms with E-state index in [2.05, 4.69) is 12.1 Å². The molecule has 0 spiro atoms. The van der Waals surface area contributed by atoms with Crippen molar-refractivity contribution in [3.8, 4) is 16.9 Å². The molecule has 1 N–H and O–H groups in total. The Balaban J connectivity index is 2.08. The Morgan fingerprint density at radius 3 is 2.62 bits per heavy atom. The van der Waals surface area contributed by atoms with E-state index in [-0.39, 0.29) is 0 Å². The van der Waals surface area contributed by atoms with Crippen molar-refractivity contribution in [2.75, 3.05) is 6.61 Å². The van der Waals surface area contributed by atoms with E-state index >= 15 is 0 Å². The van der Waals surface area contributed by atoms with Crippen LogP contribution in [0, 0.1) is 0 Å². The lowest BCUT2D eigenvalue weighted by atomic mass is 10.0. The fraction of sp³-hybridized carbons (Fsp3) is 0.143. The van der Waals surface area contributed by atoms with Crippen LogP contribution in [0.4, 0.5) is 0 Å². The summed E-state index contributed by atoms with van der Waals surface area (Å²) in [5, 5.41) is 9.73. The third-order valence-electron chi connectivity index (χ3n) is 2.87. The van der Waals surface area contributed by atoms with Crippen LogP contribution in [-0.4, -0.2) is 11.7 Å². The maximum absolute atomic E-state index is 9.73. The quantitative estimate of drug-likeness (QED) is 0.787. The molecule has 1 heterocycles. The third-order valence-corrected chi connectivity index (χ3v) is 2.87. The van der Waals surface area contributed by atoms with Crippen molar-refractivity contribution in [3.05, 3.63) is 54.1 Å². The Labute approximate surface area is 94.1 Å². The molecule has 1 unspecified atom stereocenters. The third kappa shape index (κ3) is 1.48. The lowest BCUT2D eigenvalue weighted by molar-refractivity contribution is 0.140. The number of aliphatic hydroxyl groups excluding tert-OH is 1. The molecule has 0 radical (unpaired) electrons. The summed E-state index contributed by atoms with van der Waals surface area (Å²) in [4.78, 5) is 0. The number of fused-ring (bicyclic) bond motifs is 1. The summed E-state index contributed by atoms with van der Waals surface area (Å²) in [5.74, 6) is 0.798. The Morgan fingerprint density at radius 2 is 1.81 bits per heavy atom. The summed E-state index contributed by atoms with van der Waals surface area (Å²) >= 11 is 0. The number of rotatable bonds is 1. The standard InChI is InChI=1S/C14H12O2/c15-13-9-16-14-7-6-11(8-12(13)14)10-4-2-1-3-5-10/h1-8,13,15H,9H2. The van der Waals surface area contributed by atoms with Crippen LogP contribution in [0.25, 0.3) is 11.1 Å². The maximum atomic E-state index is 9.73. The summed E-state index contributed by atoms with van der Waals surface area (Å²) in [6.45, 7) is 0.369. The van der Waals surface area contributed by atoms with E-state index in [1.807, 2.05) is 36.4 Å². The first-order valence-corrected chi connectivity index (χ1v) is 5.35. The van der Waals surface area contributed by atoms with Gasteiger partial charge in [-0.2, -0.15) is 0 Å². The van der Waals surface area contributed by atoms with E-state index in [0.29, 0.717) is 6.61 Å². The minimum Gasteiger partial charge on any atom is -0.490 e. The molecule has 0 aliphatic carbocycles. The fourth-order valence-corrected chi connectivity index (χ4v) is 2.01. The summed E-state index contributed by atoms with van der Waals surface area (Å²) in [5.41, 5.74) is 3.16. The summed E-state index contributed by atoms with van der Waals surface area (Å²) in [7, 11) is 0. The van der Waals surface area contributed by atoms with Gasteiger partial charge in [0.2, 0.25) is 0 Å². The molecule has 2 aromatic carbocycles. The van der Waals surface area contributed by atoms with Gasteiger partial charge in [-0.25, -0.2) is 0 Å². The number of ether oxygens (including phenoxy) is 1. The zero-order chi connectivity index (χ0) is 11.0. The molecule has 1 aliphatic heterocycles. The van der Waals surface area contributed by atoms with Crippen molar-refractivity contribution in [2.45, 2.75) is 6.10 Å². The minimum absolute atomic E-state index is 0.369. The molecule has 2 nitrogen and oxygen atoms in total. The van der Waals surface area contributed by atoms with Gasteiger partial charge in [0.1, 0.15) is 18.5 Å². The Morgan fingerprint density at radius 1 is 1.00 bits per heavy atom. The lowest BCUT2D eigenvalue weighted by Gasteiger charge is -2.05. The van der Waals surface area contributed by atoms with Crippen LogP contribution in [0.3, 0.4) is 0 Å². The van der Waals surface area contributed by atoms with E-state index in [9.17, 15) is 5.11 Å².